The Bertz CT molecular complexity index is 1170. The number of anilines is 1. The van der Waals surface area contributed by atoms with Gasteiger partial charge in [-0.1, -0.05) is 49.9 Å². The van der Waals surface area contributed by atoms with Crippen LogP contribution in [0.1, 0.15) is 43.0 Å². The second-order valence-electron chi connectivity index (χ2n) is 7.79. The minimum atomic E-state index is -0.540. The number of nitro benzene ring substituents is 1. The van der Waals surface area contributed by atoms with E-state index in [0.717, 1.165) is 5.69 Å². The van der Waals surface area contributed by atoms with Gasteiger partial charge in [-0.2, -0.15) is 0 Å². The lowest BCUT2D eigenvalue weighted by Crippen LogP contribution is -2.33. The molecule has 2 aromatic carbocycles. The minimum Gasteiger partial charge on any atom is -0.342 e. The van der Waals surface area contributed by atoms with Crippen LogP contribution < -0.4 is 10.6 Å². The first kappa shape index (κ1) is 24.9. The van der Waals surface area contributed by atoms with Crippen molar-refractivity contribution in [1.29, 1.82) is 0 Å². The summed E-state index contributed by atoms with van der Waals surface area (Å²) in [6.45, 7) is 6.35. The summed E-state index contributed by atoms with van der Waals surface area (Å²) in [4.78, 5) is 35.7. The van der Waals surface area contributed by atoms with Crippen LogP contribution in [-0.2, 0) is 11.3 Å². The number of thioether (sulfide) groups is 1. The zero-order chi connectivity index (χ0) is 24.7. The summed E-state index contributed by atoms with van der Waals surface area (Å²) in [6, 6.07) is 14.3. The molecule has 0 aliphatic rings. The highest BCUT2D eigenvalue weighted by Crippen LogP contribution is 2.26. The normalized spacial score (nSPS) is 11.8. The molecule has 0 unspecified atom stereocenters. The smallest absolute Gasteiger partial charge is 0.270 e. The van der Waals surface area contributed by atoms with Gasteiger partial charge in [-0.15, -0.1) is 10.2 Å². The third kappa shape index (κ3) is 6.19. The van der Waals surface area contributed by atoms with E-state index in [0.29, 0.717) is 17.5 Å². The molecule has 0 aliphatic carbocycles. The van der Waals surface area contributed by atoms with E-state index in [4.69, 9.17) is 0 Å². The molecule has 178 valence electrons. The molecule has 0 radical (unpaired) electrons. The predicted molar refractivity (Wildman–Crippen MR) is 130 cm³/mol. The van der Waals surface area contributed by atoms with Crippen LogP contribution in [0, 0.1) is 16.0 Å². The van der Waals surface area contributed by atoms with Crippen LogP contribution in [0.3, 0.4) is 0 Å². The van der Waals surface area contributed by atoms with Gasteiger partial charge >= 0.3 is 0 Å². The Morgan fingerprint density at radius 3 is 2.50 bits per heavy atom. The zero-order valence-electron chi connectivity index (χ0n) is 19.1. The molecule has 0 bridgehead atoms. The summed E-state index contributed by atoms with van der Waals surface area (Å²) >= 11 is 1.26. The van der Waals surface area contributed by atoms with Gasteiger partial charge in [0.15, 0.2) is 11.0 Å². The molecule has 1 atom stereocenters. The second-order valence-corrected chi connectivity index (χ2v) is 8.73. The standard InChI is InChI=1S/C23H26N6O4S/c1-4-28-21(26-27-23(28)34-14-19(30)24-17-10-6-5-7-11-17)20(15(2)3)25-22(31)16-9-8-12-18(13-16)29(32)33/h5-13,15,20H,4,14H2,1-3H3,(H,24,30)(H,25,31)/t20-/m0/s1. The molecule has 1 aromatic heterocycles. The van der Waals surface area contributed by atoms with E-state index in [1.807, 2.05) is 55.7 Å². The van der Waals surface area contributed by atoms with Crippen molar-refractivity contribution in [1.82, 2.24) is 20.1 Å². The molecule has 3 rings (SSSR count). The molecule has 0 saturated heterocycles. The molecule has 0 spiro atoms. The molecule has 2 amide bonds. The van der Waals surface area contributed by atoms with Crippen LogP contribution in [0.15, 0.2) is 59.8 Å². The topological polar surface area (TPSA) is 132 Å². The predicted octanol–water partition coefficient (Wildman–Crippen LogP) is 4.06. The van der Waals surface area contributed by atoms with E-state index in [1.54, 1.807) is 0 Å². The Balaban J connectivity index is 1.73. The molecular formula is C23H26N6O4S. The number of carbonyl (C=O) groups excluding carboxylic acids is 2. The summed E-state index contributed by atoms with van der Waals surface area (Å²) < 4.78 is 1.86. The Hall–Kier alpha value is -3.73. The Labute approximate surface area is 201 Å². The Morgan fingerprint density at radius 1 is 1.12 bits per heavy atom. The number of carbonyl (C=O) groups is 2. The fourth-order valence-electron chi connectivity index (χ4n) is 3.30. The van der Waals surface area contributed by atoms with Gasteiger partial charge in [0.25, 0.3) is 11.6 Å². The number of nitrogens with zero attached hydrogens (tertiary/aromatic N) is 4. The lowest BCUT2D eigenvalue weighted by atomic mass is 10.0. The monoisotopic (exact) mass is 482 g/mol. The first-order valence-corrected chi connectivity index (χ1v) is 11.7. The summed E-state index contributed by atoms with van der Waals surface area (Å²) in [6.07, 6.45) is 0. The average molecular weight is 483 g/mol. The summed E-state index contributed by atoms with van der Waals surface area (Å²) in [5.41, 5.74) is 0.752. The van der Waals surface area contributed by atoms with Gasteiger partial charge in [0, 0.05) is 29.9 Å². The van der Waals surface area contributed by atoms with Gasteiger partial charge < -0.3 is 15.2 Å². The fraction of sp³-hybridized carbons (Fsp3) is 0.304. The molecule has 2 N–H and O–H groups in total. The summed E-state index contributed by atoms with van der Waals surface area (Å²) in [5, 5.41) is 25.9. The maximum atomic E-state index is 12.9. The quantitative estimate of drug-likeness (QED) is 0.253. The number of hydrogen-bond donors (Lipinski definition) is 2. The average Bonchev–Trinajstić information content (AvgIpc) is 3.24. The molecule has 11 heteroatoms. The van der Waals surface area contributed by atoms with Crippen LogP contribution in [0.4, 0.5) is 11.4 Å². The minimum absolute atomic E-state index is 0.0311. The Kier molecular flexibility index (Phi) is 8.36. The fourth-order valence-corrected chi connectivity index (χ4v) is 4.11. The number of hydrogen-bond acceptors (Lipinski definition) is 7. The second kappa shape index (κ2) is 11.4. The van der Waals surface area contributed by atoms with Crippen LogP contribution in [0.5, 0.6) is 0 Å². The van der Waals surface area contributed by atoms with E-state index in [9.17, 15) is 19.7 Å². The third-order valence-corrected chi connectivity index (χ3v) is 5.97. The van der Waals surface area contributed by atoms with Crippen molar-refractivity contribution in [2.75, 3.05) is 11.1 Å². The van der Waals surface area contributed by atoms with Crippen molar-refractivity contribution in [3.05, 3.63) is 76.1 Å². The maximum Gasteiger partial charge on any atom is 0.270 e. The zero-order valence-corrected chi connectivity index (χ0v) is 19.9. The lowest BCUT2D eigenvalue weighted by molar-refractivity contribution is -0.384. The van der Waals surface area contributed by atoms with Gasteiger partial charge in [-0.25, -0.2) is 0 Å². The molecule has 10 nitrogen and oxygen atoms in total. The number of aromatic nitrogens is 3. The molecule has 34 heavy (non-hydrogen) atoms. The van der Waals surface area contributed by atoms with Gasteiger partial charge in [0.2, 0.25) is 5.91 Å². The SMILES string of the molecule is CCn1c(SCC(=O)Nc2ccccc2)nnc1[C@@H](NC(=O)c1cccc([N+](=O)[O-])c1)C(C)C. The number of para-hydroxylation sites is 1. The number of nitrogens with one attached hydrogen (secondary N) is 2. The van der Waals surface area contributed by atoms with Crippen molar-refractivity contribution in [2.45, 2.75) is 38.5 Å². The molecule has 0 aliphatic heterocycles. The van der Waals surface area contributed by atoms with Crippen molar-refractivity contribution in [3.8, 4) is 0 Å². The number of non-ortho nitro benzene ring substituents is 1. The van der Waals surface area contributed by atoms with Crippen molar-refractivity contribution >= 4 is 35.0 Å². The van der Waals surface area contributed by atoms with E-state index in [2.05, 4.69) is 20.8 Å². The summed E-state index contributed by atoms with van der Waals surface area (Å²) in [5.74, 6) is 0.0743. The van der Waals surface area contributed by atoms with Gasteiger partial charge in [0.05, 0.1) is 16.7 Å². The van der Waals surface area contributed by atoms with Gasteiger partial charge in [-0.05, 0) is 31.0 Å². The number of amides is 2. The molecule has 0 fully saturated rings. The van der Waals surface area contributed by atoms with Gasteiger partial charge in [-0.3, -0.25) is 19.7 Å². The van der Waals surface area contributed by atoms with E-state index < -0.39 is 16.9 Å². The largest absolute Gasteiger partial charge is 0.342 e. The Morgan fingerprint density at radius 2 is 1.85 bits per heavy atom. The van der Waals surface area contributed by atoms with Crippen LogP contribution in [0.25, 0.3) is 0 Å². The van der Waals surface area contributed by atoms with Crippen molar-refractivity contribution in [2.24, 2.45) is 5.92 Å². The van der Waals surface area contributed by atoms with Crippen molar-refractivity contribution < 1.29 is 14.5 Å². The van der Waals surface area contributed by atoms with E-state index in [1.165, 1.54) is 36.0 Å². The number of benzene rings is 2. The van der Waals surface area contributed by atoms with Crippen LogP contribution >= 0.6 is 11.8 Å². The first-order chi connectivity index (χ1) is 16.3. The van der Waals surface area contributed by atoms with Crippen LogP contribution in [-0.4, -0.2) is 37.3 Å². The highest BCUT2D eigenvalue weighted by Gasteiger charge is 2.26. The highest BCUT2D eigenvalue weighted by molar-refractivity contribution is 7.99. The van der Waals surface area contributed by atoms with Crippen molar-refractivity contribution in [3.63, 3.8) is 0 Å². The first-order valence-electron chi connectivity index (χ1n) is 10.8. The van der Waals surface area contributed by atoms with Gasteiger partial charge in [0.1, 0.15) is 0 Å². The highest BCUT2D eigenvalue weighted by atomic mass is 32.2. The van der Waals surface area contributed by atoms with E-state index in [-0.39, 0.29) is 28.8 Å². The van der Waals surface area contributed by atoms with Crippen LogP contribution in [0.2, 0.25) is 0 Å². The molecular weight excluding hydrogens is 456 g/mol. The number of rotatable bonds is 10. The molecule has 3 aromatic rings. The molecule has 0 saturated carbocycles. The molecule has 1 heterocycles. The third-order valence-electron chi connectivity index (χ3n) is 5.00. The van der Waals surface area contributed by atoms with E-state index >= 15 is 0 Å². The number of nitro groups is 1. The maximum absolute atomic E-state index is 12.9. The summed E-state index contributed by atoms with van der Waals surface area (Å²) in [7, 11) is 0. The lowest BCUT2D eigenvalue weighted by Gasteiger charge is -2.22.